The summed E-state index contributed by atoms with van der Waals surface area (Å²) >= 11 is 0. The van der Waals surface area contributed by atoms with E-state index in [1.807, 2.05) is 30.5 Å². The molecule has 0 spiro atoms. The minimum absolute atomic E-state index is 0.278. The molecule has 2 aromatic rings. The Morgan fingerprint density at radius 1 is 1.00 bits per heavy atom. The molecule has 0 aliphatic heterocycles. The van der Waals surface area contributed by atoms with Crippen molar-refractivity contribution in [2.24, 2.45) is 17.2 Å². The first-order chi connectivity index (χ1) is 11.7. The van der Waals surface area contributed by atoms with Gasteiger partial charge in [-0.3, -0.25) is 14.4 Å². The van der Waals surface area contributed by atoms with E-state index in [9.17, 15) is 14.4 Å². The number of hydrogen-bond donors (Lipinski definition) is 7. The van der Waals surface area contributed by atoms with Gasteiger partial charge in [0.15, 0.2) is 0 Å². The van der Waals surface area contributed by atoms with Gasteiger partial charge in [0.2, 0.25) is 0 Å². The molecule has 0 saturated carbocycles. The summed E-state index contributed by atoms with van der Waals surface area (Å²) in [6.45, 7) is -0.556. The van der Waals surface area contributed by atoms with Crippen LogP contribution >= 0.6 is 0 Å². The third-order valence-corrected chi connectivity index (χ3v) is 2.78. The Bertz CT molecular complexity index is 686. The number of aromatic nitrogens is 1. The Kier molecular flexibility index (Phi) is 10.2. The van der Waals surface area contributed by atoms with Gasteiger partial charge in [-0.1, -0.05) is 18.2 Å². The Balaban J connectivity index is 0.000000480. The minimum atomic E-state index is -0.972. The van der Waals surface area contributed by atoms with Gasteiger partial charge in [0.05, 0.1) is 13.1 Å². The van der Waals surface area contributed by atoms with Gasteiger partial charge in [0, 0.05) is 23.5 Å². The molecule has 10 heteroatoms. The van der Waals surface area contributed by atoms with E-state index in [1.54, 1.807) is 0 Å². The van der Waals surface area contributed by atoms with Crippen LogP contribution in [-0.4, -0.2) is 57.3 Å². The molecule has 138 valence electrons. The number of nitrogens with two attached hydrogens (primary N) is 3. The second-order valence-corrected chi connectivity index (χ2v) is 4.70. The zero-order valence-corrected chi connectivity index (χ0v) is 13.4. The number of nitrogens with one attached hydrogen (secondary N) is 1. The van der Waals surface area contributed by atoms with Gasteiger partial charge in [-0.25, -0.2) is 0 Å². The second-order valence-electron chi connectivity index (χ2n) is 4.70. The molecular formula is C15H22N4O6. The molecule has 0 bridgehead atoms. The highest BCUT2D eigenvalue weighted by molar-refractivity contribution is 5.84. The molecule has 0 aliphatic rings. The zero-order chi connectivity index (χ0) is 19.4. The maximum atomic E-state index is 10.6. The molecule has 1 aromatic carbocycles. The van der Waals surface area contributed by atoms with Crippen LogP contribution < -0.4 is 17.2 Å². The fraction of sp³-hybridized carbons (Fsp3) is 0.267. The van der Waals surface area contributed by atoms with Crippen LogP contribution in [0.1, 0.15) is 5.56 Å². The number of carbonyl (C=O) groups is 3. The van der Waals surface area contributed by atoms with Crippen molar-refractivity contribution in [1.29, 1.82) is 0 Å². The molecule has 10 nitrogen and oxygen atoms in total. The van der Waals surface area contributed by atoms with E-state index >= 15 is 0 Å². The summed E-state index contributed by atoms with van der Waals surface area (Å²) in [5.41, 5.74) is 16.6. The summed E-state index contributed by atoms with van der Waals surface area (Å²) in [6, 6.07) is 6.91. The fourth-order valence-corrected chi connectivity index (χ4v) is 1.62. The van der Waals surface area contributed by atoms with E-state index in [0.717, 1.165) is 16.5 Å². The second kappa shape index (κ2) is 11.6. The van der Waals surface area contributed by atoms with Crippen LogP contribution in [0.25, 0.3) is 10.9 Å². The van der Waals surface area contributed by atoms with Crippen LogP contribution in [0.2, 0.25) is 0 Å². The molecular weight excluding hydrogens is 332 g/mol. The Morgan fingerprint density at radius 3 is 1.92 bits per heavy atom. The van der Waals surface area contributed by atoms with Crippen LogP contribution in [0.4, 0.5) is 0 Å². The SMILES string of the molecule is NCC(=O)O.NCC(=O)O.N[C@@H](Cc1c[nH]c2ccccc12)C(=O)O. The van der Waals surface area contributed by atoms with Crippen molar-refractivity contribution < 1.29 is 29.7 Å². The van der Waals surface area contributed by atoms with E-state index in [1.165, 1.54) is 0 Å². The standard InChI is InChI=1S/C11H12N2O2.2C2H5NO2/c12-9(11(14)15)5-7-6-13-10-4-2-1-3-8(7)10;2*3-1-2(4)5/h1-4,6,9,13H,5,12H2,(H,14,15);2*1,3H2,(H,4,5)/t9-;;/m0../s1. The average molecular weight is 354 g/mol. The molecule has 1 heterocycles. The molecule has 0 unspecified atom stereocenters. The lowest BCUT2D eigenvalue weighted by atomic mass is 10.1. The van der Waals surface area contributed by atoms with E-state index < -0.39 is 23.9 Å². The smallest absolute Gasteiger partial charge is 0.320 e. The summed E-state index contributed by atoms with van der Waals surface area (Å²) in [7, 11) is 0. The lowest BCUT2D eigenvalue weighted by molar-refractivity contribution is -0.138. The summed E-state index contributed by atoms with van der Waals surface area (Å²) < 4.78 is 0. The molecule has 10 N–H and O–H groups in total. The van der Waals surface area contributed by atoms with E-state index in [-0.39, 0.29) is 13.1 Å². The maximum absolute atomic E-state index is 10.6. The molecule has 0 aliphatic carbocycles. The first-order valence-corrected chi connectivity index (χ1v) is 7.10. The number of para-hydroxylation sites is 1. The number of fused-ring (bicyclic) bond motifs is 1. The highest BCUT2D eigenvalue weighted by Gasteiger charge is 2.14. The summed E-state index contributed by atoms with van der Waals surface area (Å²) in [4.78, 5) is 32.2. The Morgan fingerprint density at radius 2 is 1.48 bits per heavy atom. The highest BCUT2D eigenvalue weighted by Crippen LogP contribution is 2.18. The minimum Gasteiger partial charge on any atom is -0.480 e. The van der Waals surface area contributed by atoms with Gasteiger partial charge in [0.1, 0.15) is 6.04 Å². The van der Waals surface area contributed by atoms with E-state index in [4.69, 9.17) is 21.1 Å². The van der Waals surface area contributed by atoms with Crippen LogP contribution in [-0.2, 0) is 20.8 Å². The number of aromatic amines is 1. The number of hydrogen-bond acceptors (Lipinski definition) is 6. The molecule has 0 saturated heterocycles. The third-order valence-electron chi connectivity index (χ3n) is 2.78. The molecule has 1 atom stereocenters. The van der Waals surface area contributed by atoms with Gasteiger partial charge in [-0.05, 0) is 11.6 Å². The monoisotopic (exact) mass is 354 g/mol. The summed E-state index contributed by atoms with van der Waals surface area (Å²) in [6.07, 6.45) is 2.16. The lowest BCUT2D eigenvalue weighted by Crippen LogP contribution is -2.32. The number of H-pyrrole nitrogens is 1. The number of carboxylic acid groups (broad SMARTS) is 3. The molecule has 25 heavy (non-hydrogen) atoms. The van der Waals surface area contributed by atoms with Crippen molar-refractivity contribution in [3.8, 4) is 0 Å². The van der Waals surface area contributed by atoms with Crippen LogP contribution in [0.5, 0.6) is 0 Å². The van der Waals surface area contributed by atoms with Crippen molar-refractivity contribution in [3.05, 3.63) is 36.0 Å². The average Bonchev–Trinajstić information content (AvgIpc) is 2.99. The fourth-order valence-electron chi connectivity index (χ4n) is 1.62. The molecule has 0 fully saturated rings. The summed E-state index contributed by atoms with van der Waals surface area (Å²) in [5, 5.41) is 24.9. The number of benzene rings is 1. The summed E-state index contributed by atoms with van der Waals surface area (Å²) in [5.74, 6) is -2.91. The van der Waals surface area contributed by atoms with Crippen molar-refractivity contribution in [2.45, 2.75) is 12.5 Å². The van der Waals surface area contributed by atoms with E-state index in [2.05, 4.69) is 16.5 Å². The molecule has 1 aromatic heterocycles. The van der Waals surface area contributed by atoms with Gasteiger partial charge in [-0.15, -0.1) is 0 Å². The van der Waals surface area contributed by atoms with Crippen LogP contribution in [0.3, 0.4) is 0 Å². The lowest BCUT2D eigenvalue weighted by Gasteiger charge is -2.04. The predicted octanol–water partition coefficient (Wildman–Crippen LogP) is -0.818. The zero-order valence-electron chi connectivity index (χ0n) is 13.4. The van der Waals surface area contributed by atoms with Crippen molar-refractivity contribution in [2.75, 3.05) is 13.1 Å². The van der Waals surface area contributed by atoms with Gasteiger partial charge in [0.25, 0.3) is 0 Å². The van der Waals surface area contributed by atoms with Crippen LogP contribution in [0.15, 0.2) is 30.5 Å². The molecule has 0 amide bonds. The van der Waals surface area contributed by atoms with Gasteiger partial charge >= 0.3 is 17.9 Å². The molecule has 2 rings (SSSR count). The highest BCUT2D eigenvalue weighted by atomic mass is 16.4. The van der Waals surface area contributed by atoms with Crippen molar-refractivity contribution >= 4 is 28.8 Å². The largest absolute Gasteiger partial charge is 0.480 e. The number of aliphatic carboxylic acids is 3. The quantitative estimate of drug-likeness (QED) is 0.357. The predicted molar refractivity (Wildman–Crippen MR) is 91.0 cm³/mol. The van der Waals surface area contributed by atoms with Gasteiger partial charge < -0.3 is 37.5 Å². The Labute approximate surface area is 143 Å². The van der Waals surface area contributed by atoms with Gasteiger partial charge in [-0.2, -0.15) is 0 Å². The number of rotatable bonds is 5. The third kappa shape index (κ3) is 9.05. The van der Waals surface area contributed by atoms with E-state index in [0.29, 0.717) is 6.42 Å². The Hall–Kier alpha value is -2.95. The maximum Gasteiger partial charge on any atom is 0.320 e. The topological polar surface area (TPSA) is 206 Å². The van der Waals surface area contributed by atoms with Crippen molar-refractivity contribution in [1.82, 2.24) is 4.98 Å². The normalized spacial score (nSPS) is 10.7. The van der Waals surface area contributed by atoms with Crippen molar-refractivity contribution in [3.63, 3.8) is 0 Å². The number of carboxylic acids is 3. The molecule has 0 radical (unpaired) electrons. The first kappa shape index (κ1) is 22.1. The first-order valence-electron chi connectivity index (χ1n) is 7.10. The van der Waals surface area contributed by atoms with Crippen LogP contribution in [0, 0.1) is 0 Å².